The third kappa shape index (κ3) is 4.15. The Morgan fingerprint density at radius 3 is 3.00 bits per heavy atom. The molecule has 0 saturated carbocycles. The number of aliphatic hydroxyl groups is 1. The van der Waals surface area contributed by atoms with Gasteiger partial charge in [-0.25, -0.2) is 4.98 Å². The summed E-state index contributed by atoms with van der Waals surface area (Å²) < 4.78 is 0. The van der Waals surface area contributed by atoms with E-state index in [0.717, 1.165) is 16.1 Å². The van der Waals surface area contributed by atoms with Crippen LogP contribution in [-0.4, -0.2) is 34.6 Å². The van der Waals surface area contributed by atoms with Crippen LogP contribution in [0.2, 0.25) is 0 Å². The van der Waals surface area contributed by atoms with Crippen molar-refractivity contribution in [2.75, 3.05) is 13.7 Å². The highest BCUT2D eigenvalue weighted by Gasteiger charge is 2.14. The van der Waals surface area contributed by atoms with Crippen molar-refractivity contribution in [3.05, 3.63) is 51.5 Å². The molecule has 0 radical (unpaired) electrons. The zero-order valence-electron chi connectivity index (χ0n) is 12.0. The maximum absolute atomic E-state index is 12.3. The fraction of sp³-hybridized carbons (Fsp3) is 0.250. The summed E-state index contributed by atoms with van der Waals surface area (Å²) >= 11 is 1.50. The van der Waals surface area contributed by atoms with Gasteiger partial charge in [0, 0.05) is 19.3 Å². The molecule has 4 nitrogen and oxygen atoms in total. The van der Waals surface area contributed by atoms with Gasteiger partial charge in [-0.05, 0) is 36.1 Å². The molecule has 0 aliphatic heterocycles. The van der Waals surface area contributed by atoms with E-state index in [0.29, 0.717) is 12.2 Å². The predicted octanol–water partition coefficient (Wildman–Crippen LogP) is 2.07. The zero-order chi connectivity index (χ0) is 15.2. The number of pyridine rings is 1. The van der Waals surface area contributed by atoms with Crippen LogP contribution in [0.3, 0.4) is 0 Å². The number of carbonyl (C=O) groups excluding carboxylic acids is 1. The molecule has 0 atom stereocenters. The van der Waals surface area contributed by atoms with Crippen LogP contribution in [0.5, 0.6) is 0 Å². The Kier molecular flexibility index (Phi) is 5.09. The van der Waals surface area contributed by atoms with Gasteiger partial charge in [-0.15, -0.1) is 11.3 Å². The number of hydrogen-bond acceptors (Lipinski definition) is 4. The minimum atomic E-state index is -0.148. The molecule has 1 N–H and O–H groups in total. The first-order chi connectivity index (χ1) is 10.1. The van der Waals surface area contributed by atoms with Crippen LogP contribution < -0.4 is 0 Å². The maximum atomic E-state index is 12.3. The molecule has 108 valence electrons. The SMILES string of the molecule is Cc1cccc(C(=O)N(C)Cc2csc(C#CCO)c2)n1. The number of nitrogens with zero attached hydrogens (tertiary/aromatic N) is 2. The Balaban J connectivity index is 2.05. The molecule has 0 saturated heterocycles. The van der Waals surface area contributed by atoms with Crippen molar-refractivity contribution in [2.24, 2.45) is 0 Å². The normalized spacial score (nSPS) is 9.86. The first kappa shape index (κ1) is 15.2. The molecule has 0 fully saturated rings. The summed E-state index contributed by atoms with van der Waals surface area (Å²) in [5, 5.41) is 10.6. The summed E-state index contributed by atoms with van der Waals surface area (Å²) in [6.07, 6.45) is 0. The van der Waals surface area contributed by atoms with Crippen molar-refractivity contribution in [3.63, 3.8) is 0 Å². The summed E-state index contributed by atoms with van der Waals surface area (Å²) in [7, 11) is 1.75. The predicted molar refractivity (Wildman–Crippen MR) is 83.1 cm³/mol. The summed E-state index contributed by atoms with van der Waals surface area (Å²) in [4.78, 5) is 19.0. The Hall–Kier alpha value is -2.16. The van der Waals surface area contributed by atoms with Gasteiger partial charge in [0.2, 0.25) is 0 Å². The van der Waals surface area contributed by atoms with Crippen LogP contribution in [-0.2, 0) is 6.54 Å². The molecular formula is C16H16N2O2S. The molecule has 2 heterocycles. The van der Waals surface area contributed by atoms with Crippen LogP contribution >= 0.6 is 11.3 Å². The molecule has 0 unspecified atom stereocenters. The first-order valence-electron chi connectivity index (χ1n) is 6.46. The summed E-state index contributed by atoms with van der Waals surface area (Å²) in [5.41, 5.74) is 2.30. The fourth-order valence-electron chi connectivity index (χ4n) is 1.85. The van der Waals surface area contributed by atoms with E-state index in [4.69, 9.17) is 5.11 Å². The van der Waals surface area contributed by atoms with Crippen LogP contribution in [0.1, 0.15) is 26.6 Å². The third-order valence-electron chi connectivity index (χ3n) is 2.82. The molecule has 0 spiro atoms. The number of amides is 1. The molecule has 2 rings (SSSR count). The van der Waals surface area contributed by atoms with Crippen molar-refractivity contribution >= 4 is 17.2 Å². The van der Waals surface area contributed by atoms with E-state index >= 15 is 0 Å². The molecule has 2 aromatic heterocycles. The number of carbonyl (C=O) groups is 1. The summed E-state index contributed by atoms with van der Waals surface area (Å²) in [6, 6.07) is 7.34. The maximum Gasteiger partial charge on any atom is 0.272 e. The van der Waals surface area contributed by atoms with Gasteiger partial charge >= 0.3 is 0 Å². The standard InChI is InChI=1S/C16H16N2O2S/c1-12-5-3-7-15(17-12)16(20)18(2)10-13-9-14(21-11-13)6-4-8-19/h3,5,7,9,11,19H,8,10H2,1-2H3. The van der Waals surface area contributed by atoms with Gasteiger partial charge in [0.05, 0.1) is 4.88 Å². The minimum Gasteiger partial charge on any atom is -0.384 e. The van der Waals surface area contributed by atoms with Crippen molar-refractivity contribution in [3.8, 4) is 11.8 Å². The summed E-state index contributed by atoms with van der Waals surface area (Å²) in [5.74, 6) is 5.37. The minimum absolute atomic E-state index is 0.104. The van der Waals surface area contributed by atoms with E-state index in [1.165, 1.54) is 11.3 Å². The zero-order valence-corrected chi connectivity index (χ0v) is 12.8. The van der Waals surface area contributed by atoms with Crippen molar-refractivity contribution in [2.45, 2.75) is 13.5 Å². The topological polar surface area (TPSA) is 53.4 Å². The van der Waals surface area contributed by atoms with Gasteiger partial charge in [0.1, 0.15) is 12.3 Å². The number of hydrogen-bond donors (Lipinski definition) is 1. The monoisotopic (exact) mass is 300 g/mol. The number of aromatic nitrogens is 1. The van der Waals surface area contributed by atoms with E-state index in [1.54, 1.807) is 18.0 Å². The van der Waals surface area contributed by atoms with E-state index in [1.807, 2.05) is 30.5 Å². The van der Waals surface area contributed by atoms with Gasteiger partial charge in [-0.1, -0.05) is 17.9 Å². The van der Waals surface area contributed by atoms with Crippen LogP contribution in [0.4, 0.5) is 0 Å². The second-order valence-corrected chi connectivity index (χ2v) is 5.52. The average Bonchev–Trinajstić information content (AvgIpc) is 2.91. The van der Waals surface area contributed by atoms with Gasteiger partial charge in [0.15, 0.2) is 0 Å². The number of aryl methyl sites for hydroxylation is 1. The molecule has 0 aliphatic carbocycles. The van der Waals surface area contributed by atoms with E-state index < -0.39 is 0 Å². The van der Waals surface area contributed by atoms with E-state index in [9.17, 15) is 4.79 Å². The van der Waals surface area contributed by atoms with Gasteiger partial charge in [-0.3, -0.25) is 4.79 Å². The molecule has 2 aromatic rings. The molecule has 0 bridgehead atoms. The van der Waals surface area contributed by atoms with Crippen LogP contribution in [0.15, 0.2) is 29.6 Å². The number of rotatable bonds is 3. The molecule has 5 heteroatoms. The van der Waals surface area contributed by atoms with Gasteiger partial charge < -0.3 is 10.0 Å². The Bertz CT molecular complexity index is 698. The van der Waals surface area contributed by atoms with Gasteiger partial charge in [-0.2, -0.15) is 0 Å². The Labute approximate surface area is 128 Å². The smallest absolute Gasteiger partial charge is 0.272 e. The van der Waals surface area contributed by atoms with Crippen LogP contribution in [0.25, 0.3) is 0 Å². The van der Waals surface area contributed by atoms with E-state index in [2.05, 4.69) is 16.8 Å². The van der Waals surface area contributed by atoms with Gasteiger partial charge in [0.25, 0.3) is 5.91 Å². The Morgan fingerprint density at radius 2 is 2.29 bits per heavy atom. The lowest BCUT2D eigenvalue weighted by molar-refractivity contribution is 0.0779. The first-order valence-corrected chi connectivity index (χ1v) is 7.34. The molecule has 1 amide bonds. The van der Waals surface area contributed by atoms with Crippen molar-refractivity contribution in [1.82, 2.24) is 9.88 Å². The lowest BCUT2D eigenvalue weighted by atomic mass is 10.2. The van der Waals surface area contributed by atoms with Crippen molar-refractivity contribution in [1.29, 1.82) is 0 Å². The van der Waals surface area contributed by atoms with E-state index in [-0.39, 0.29) is 12.5 Å². The number of aliphatic hydroxyl groups excluding tert-OH is 1. The molecule has 0 aromatic carbocycles. The quantitative estimate of drug-likeness (QED) is 0.883. The molecule has 0 aliphatic rings. The highest BCUT2D eigenvalue weighted by Crippen LogP contribution is 2.16. The average molecular weight is 300 g/mol. The number of thiophene rings is 1. The highest BCUT2D eigenvalue weighted by molar-refractivity contribution is 7.10. The van der Waals surface area contributed by atoms with Crippen LogP contribution in [0, 0.1) is 18.8 Å². The lowest BCUT2D eigenvalue weighted by Crippen LogP contribution is -2.26. The summed E-state index contributed by atoms with van der Waals surface area (Å²) in [6.45, 7) is 2.22. The van der Waals surface area contributed by atoms with Crippen molar-refractivity contribution < 1.29 is 9.90 Å². The fourth-order valence-corrected chi connectivity index (χ4v) is 2.63. The second-order valence-electron chi connectivity index (χ2n) is 4.60. The third-order valence-corrected chi connectivity index (χ3v) is 3.71. The largest absolute Gasteiger partial charge is 0.384 e. The molecule has 21 heavy (non-hydrogen) atoms. The highest BCUT2D eigenvalue weighted by atomic mass is 32.1. The Morgan fingerprint density at radius 1 is 1.48 bits per heavy atom. The second kappa shape index (κ2) is 7.02. The molecular weight excluding hydrogens is 284 g/mol. The lowest BCUT2D eigenvalue weighted by Gasteiger charge is -2.16.